The maximum atomic E-state index is 2.33. The molecule has 0 heteroatoms. The van der Waals surface area contributed by atoms with Crippen LogP contribution in [0.15, 0.2) is 121 Å². The Hall–Kier alpha value is -3.90. The van der Waals surface area contributed by atoms with Crippen LogP contribution in [0.5, 0.6) is 0 Å². The molecule has 140 valence electrons. The molecule has 0 spiro atoms. The first-order valence-electron chi connectivity index (χ1n) is 10.4. The van der Waals surface area contributed by atoms with E-state index in [4.69, 9.17) is 0 Å². The van der Waals surface area contributed by atoms with Gasteiger partial charge >= 0.3 is 0 Å². The standard InChI is InChI=1S/C30H20/c1-3-11-27-22(7-1)9-5-13-29(27)24-17-15-21-16-18-25(20-26(21)19-24)30-14-6-10-23-8-2-4-12-28(23)30/h1-20H. The van der Waals surface area contributed by atoms with Crippen molar-refractivity contribution in [1.29, 1.82) is 0 Å². The highest BCUT2D eigenvalue weighted by atomic mass is 14.1. The van der Waals surface area contributed by atoms with Crippen LogP contribution >= 0.6 is 0 Å². The Morgan fingerprint density at radius 2 is 0.767 bits per heavy atom. The third-order valence-corrected chi connectivity index (χ3v) is 6.04. The van der Waals surface area contributed by atoms with Gasteiger partial charge in [-0.1, -0.05) is 109 Å². The Morgan fingerprint density at radius 3 is 1.30 bits per heavy atom. The Morgan fingerprint density at radius 1 is 0.300 bits per heavy atom. The summed E-state index contributed by atoms with van der Waals surface area (Å²) >= 11 is 0. The van der Waals surface area contributed by atoms with Crippen LogP contribution in [0.25, 0.3) is 54.6 Å². The Labute approximate surface area is 176 Å². The van der Waals surface area contributed by atoms with Gasteiger partial charge in [-0.05, 0) is 66.7 Å². The van der Waals surface area contributed by atoms with Gasteiger partial charge in [-0.25, -0.2) is 0 Å². The van der Waals surface area contributed by atoms with E-state index in [1.54, 1.807) is 0 Å². The molecule has 0 radical (unpaired) electrons. The summed E-state index contributed by atoms with van der Waals surface area (Å²) in [6.45, 7) is 0. The summed E-state index contributed by atoms with van der Waals surface area (Å²) in [5, 5.41) is 7.68. The van der Waals surface area contributed by atoms with E-state index in [0.717, 1.165) is 0 Å². The van der Waals surface area contributed by atoms with Crippen molar-refractivity contribution in [2.75, 3.05) is 0 Å². The van der Waals surface area contributed by atoms with Crippen LogP contribution in [0, 0.1) is 0 Å². The van der Waals surface area contributed by atoms with E-state index in [-0.39, 0.29) is 0 Å². The lowest BCUT2D eigenvalue weighted by Crippen LogP contribution is -1.84. The summed E-state index contributed by atoms with van der Waals surface area (Å²) in [6.07, 6.45) is 0. The van der Waals surface area contributed by atoms with Gasteiger partial charge < -0.3 is 0 Å². The van der Waals surface area contributed by atoms with Crippen molar-refractivity contribution in [3.8, 4) is 22.3 Å². The van der Waals surface area contributed by atoms with Gasteiger partial charge in [-0.2, -0.15) is 0 Å². The molecule has 0 saturated heterocycles. The number of benzene rings is 6. The summed E-state index contributed by atoms with van der Waals surface area (Å²) in [6, 6.07) is 43.9. The van der Waals surface area contributed by atoms with Crippen LogP contribution in [0.3, 0.4) is 0 Å². The highest BCUT2D eigenvalue weighted by Gasteiger charge is 2.07. The van der Waals surface area contributed by atoms with E-state index in [9.17, 15) is 0 Å². The Balaban J connectivity index is 1.55. The highest BCUT2D eigenvalue weighted by Crippen LogP contribution is 2.34. The second-order valence-corrected chi connectivity index (χ2v) is 7.83. The van der Waals surface area contributed by atoms with Gasteiger partial charge in [0.25, 0.3) is 0 Å². The Kier molecular flexibility index (Phi) is 3.89. The van der Waals surface area contributed by atoms with Gasteiger partial charge in [0.05, 0.1) is 0 Å². The maximum absolute atomic E-state index is 2.33. The molecule has 0 fully saturated rings. The lowest BCUT2D eigenvalue weighted by Gasteiger charge is -2.11. The van der Waals surface area contributed by atoms with Crippen LogP contribution < -0.4 is 0 Å². The largest absolute Gasteiger partial charge is 0.0616 e. The molecule has 6 aromatic carbocycles. The molecule has 0 aliphatic rings. The topological polar surface area (TPSA) is 0 Å². The summed E-state index contributed by atoms with van der Waals surface area (Å²) in [7, 11) is 0. The van der Waals surface area contributed by atoms with E-state index in [1.807, 2.05) is 0 Å². The van der Waals surface area contributed by atoms with Crippen molar-refractivity contribution in [3.05, 3.63) is 121 Å². The molecule has 0 atom stereocenters. The zero-order valence-electron chi connectivity index (χ0n) is 16.5. The van der Waals surface area contributed by atoms with Crippen LogP contribution in [0.1, 0.15) is 0 Å². The van der Waals surface area contributed by atoms with Crippen LogP contribution in [0.4, 0.5) is 0 Å². The van der Waals surface area contributed by atoms with Gasteiger partial charge in [0.2, 0.25) is 0 Å². The first-order chi connectivity index (χ1) is 14.9. The molecule has 0 bridgehead atoms. The van der Waals surface area contributed by atoms with Crippen molar-refractivity contribution in [2.24, 2.45) is 0 Å². The molecule has 0 amide bonds. The van der Waals surface area contributed by atoms with Crippen LogP contribution in [-0.4, -0.2) is 0 Å². The Bertz CT molecular complexity index is 1410. The molecule has 6 aromatic rings. The third-order valence-electron chi connectivity index (χ3n) is 6.04. The summed E-state index contributed by atoms with van der Waals surface area (Å²) < 4.78 is 0. The van der Waals surface area contributed by atoms with E-state index in [2.05, 4.69) is 121 Å². The summed E-state index contributed by atoms with van der Waals surface area (Å²) in [4.78, 5) is 0. The summed E-state index contributed by atoms with van der Waals surface area (Å²) in [5.41, 5.74) is 5.08. The van der Waals surface area contributed by atoms with E-state index >= 15 is 0 Å². The molecular weight excluding hydrogens is 360 g/mol. The molecule has 0 nitrogen and oxygen atoms in total. The molecule has 0 aliphatic carbocycles. The SMILES string of the molecule is c1ccc2c(-c3ccc4ccc(-c5cccc6ccccc56)cc4c3)cccc2c1. The van der Waals surface area contributed by atoms with Crippen molar-refractivity contribution >= 4 is 32.3 Å². The van der Waals surface area contributed by atoms with Gasteiger partial charge in [-0.3, -0.25) is 0 Å². The fraction of sp³-hybridized carbons (Fsp3) is 0. The second kappa shape index (κ2) is 6.86. The first-order valence-corrected chi connectivity index (χ1v) is 10.4. The monoisotopic (exact) mass is 380 g/mol. The quantitative estimate of drug-likeness (QED) is 0.282. The third kappa shape index (κ3) is 2.77. The molecule has 0 aromatic heterocycles. The zero-order valence-corrected chi connectivity index (χ0v) is 16.5. The van der Waals surface area contributed by atoms with Crippen LogP contribution in [-0.2, 0) is 0 Å². The molecular formula is C30H20. The zero-order chi connectivity index (χ0) is 19.9. The van der Waals surface area contributed by atoms with Crippen molar-refractivity contribution in [2.45, 2.75) is 0 Å². The first kappa shape index (κ1) is 17.0. The van der Waals surface area contributed by atoms with E-state index < -0.39 is 0 Å². The molecule has 0 aliphatic heterocycles. The smallest absolute Gasteiger partial charge is 0.0105 e. The van der Waals surface area contributed by atoms with Crippen molar-refractivity contribution in [1.82, 2.24) is 0 Å². The average molecular weight is 380 g/mol. The number of rotatable bonds is 2. The fourth-order valence-corrected chi connectivity index (χ4v) is 4.54. The summed E-state index contributed by atoms with van der Waals surface area (Å²) in [5.74, 6) is 0. The predicted octanol–water partition coefficient (Wildman–Crippen LogP) is 8.48. The van der Waals surface area contributed by atoms with Crippen molar-refractivity contribution in [3.63, 3.8) is 0 Å². The second-order valence-electron chi connectivity index (χ2n) is 7.83. The minimum Gasteiger partial charge on any atom is -0.0616 e. The normalized spacial score (nSPS) is 11.3. The maximum Gasteiger partial charge on any atom is -0.0105 e. The molecule has 0 unspecified atom stereocenters. The molecule has 0 N–H and O–H groups in total. The molecule has 0 saturated carbocycles. The lowest BCUT2D eigenvalue weighted by molar-refractivity contribution is 1.66. The molecule has 6 rings (SSSR count). The lowest BCUT2D eigenvalue weighted by atomic mass is 9.93. The van der Waals surface area contributed by atoms with E-state index in [0.29, 0.717) is 0 Å². The van der Waals surface area contributed by atoms with Gasteiger partial charge in [-0.15, -0.1) is 0 Å². The highest BCUT2D eigenvalue weighted by molar-refractivity contribution is 6.01. The fourth-order valence-electron chi connectivity index (χ4n) is 4.54. The van der Waals surface area contributed by atoms with Gasteiger partial charge in [0.1, 0.15) is 0 Å². The minimum absolute atomic E-state index is 1.26. The number of hydrogen-bond acceptors (Lipinski definition) is 0. The predicted molar refractivity (Wildman–Crippen MR) is 130 cm³/mol. The van der Waals surface area contributed by atoms with E-state index in [1.165, 1.54) is 54.6 Å². The van der Waals surface area contributed by atoms with Gasteiger partial charge in [0.15, 0.2) is 0 Å². The van der Waals surface area contributed by atoms with Crippen LogP contribution in [0.2, 0.25) is 0 Å². The number of hydrogen-bond donors (Lipinski definition) is 0. The van der Waals surface area contributed by atoms with Gasteiger partial charge in [0, 0.05) is 0 Å². The average Bonchev–Trinajstić information content (AvgIpc) is 2.82. The minimum atomic E-state index is 1.26. The van der Waals surface area contributed by atoms with Crippen molar-refractivity contribution < 1.29 is 0 Å². The number of fused-ring (bicyclic) bond motifs is 3. The molecule has 0 heterocycles. The molecule has 30 heavy (non-hydrogen) atoms.